The molecular formula is C10H9N3O3. The molecule has 0 spiro atoms. The second-order valence-electron chi connectivity index (χ2n) is 2.76. The molecule has 0 heterocycles. The van der Waals surface area contributed by atoms with Gasteiger partial charge >= 0.3 is 6.03 Å². The first-order valence-electron chi connectivity index (χ1n) is 4.38. The van der Waals surface area contributed by atoms with Crippen LogP contribution in [0.2, 0.25) is 0 Å². The third-order valence-electron chi connectivity index (χ3n) is 1.76. The SMILES string of the molecule is N#CNC(=O)N(C(=O)CO)c1ccccc1. The van der Waals surface area contributed by atoms with Crippen molar-refractivity contribution in [1.29, 1.82) is 5.26 Å². The van der Waals surface area contributed by atoms with Crippen LogP contribution in [0.5, 0.6) is 0 Å². The number of para-hydroxylation sites is 1. The summed E-state index contributed by atoms with van der Waals surface area (Å²) in [4.78, 5) is 23.4. The van der Waals surface area contributed by atoms with Crippen molar-refractivity contribution in [3.8, 4) is 6.19 Å². The van der Waals surface area contributed by atoms with Gasteiger partial charge in [0.25, 0.3) is 5.91 Å². The summed E-state index contributed by atoms with van der Waals surface area (Å²) in [6.45, 7) is -0.812. The van der Waals surface area contributed by atoms with E-state index in [-0.39, 0.29) is 5.69 Å². The third-order valence-corrected chi connectivity index (χ3v) is 1.76. The summed E-state index contributed by atoms with van der Waals surface area (Å²) in [5.74, 6) is -0.807. The van der Waals surface area contributed by atoms with Crippen LogP contribution in [0.1, 0.15) is 0 Å². The molecule has 6 heteroatoms. The number of urea groups is 1. The van der Waals surface area contributed by atoms with Crippen molar-refractivity contribution >= 4 is 17.6 Å². The summed E-state index contributed by atoms with van der Waals surface area (Å²) in [5, 5.41) is 18.9. The van der Waals surface area contributed by atoms with E-state index in [1.54, 1.807) is 18.2 Å². The first kappa shape index (κ1) is 11.7. The fourth-order valence-electron chi connectivity index (χ4n) is 1.13. The normalized spacial score (nSPS) is 9.00. The van der Waals surface area contributed by atoms with E-state index in [2.05, 4.69) is 0 Å². The van der Waals surface area contributed by atoms with Gasteiger partial charge in [-0.15, -0.1) is 0 Å². The number of amides is 3. The van der Waals surface area contributed by atoms with Gasteiger partial charge in [-0.1, -0.05) is 18.2 Å². The maximum atomic E-state index is 11.4. The fourth-order valence-corrected chi connectivity index (χ4v) is 1.13. The number of benzene rings is 1. The minimum Gasteiger partial charge on any atom is -0.387 e. The molecule has 0 bridgehead atoms. The highest BCUT2D eigenvalue weighted by Crippen LogP contribution is 2.13. The minimum atomic E-state index is -0.896. The number of aliphatic hydroxyl groups excluding tert-OH is 1. The van der Waals surface area contributed by atoms with Crippen LogP contribution in [-0.2, 0) is 4.79 Å². The van der Waals surface area contributed by atoms with Crippen LogP contribution < -0.4 is 10.2 Å². The monoisotopic (exact) mass is 219 g/mol. The number of anilines is 1. The number of carbonyl (C=O) groups excluding carboxylic acids is 2. The van der Waals surface area contributed by atoms with Crippen LogP contribution >= 0.6 is 0 Å². The van der Waals surface area contributed by atoms with E-state index in [0.717, 1.165) is 0 Å². The number of nitrogens with zero attached hydrogens (tertiary/aromatic N) is 2. The largest absolute Gasteiger partial charge is 0.387 e. The first-order chi connectivity index (χ1) is 7.70. The van der Waals surface area contributed by atoms with Crippen molar-refractivity contribution in [3.05, 3.63) is 30.3 Å². The van der Waals surface area contributed by atoms with Crippen molar-refractivity contribution in [3.63, 3.8) is 0 Å². The van der Waals surface area contributed by atoms with Gasteiger partial charge < -0.3 is 5.11 Å². The lowest BCUT2D eigenvalue weighted by Crippen LogP contribution is -2.43. The Morgan fingerprint density at radius 1 is 1.38 bits per heavy atom. The van der Waals surface area contributed by atoms with E-state index in [1.807, 2.05) is 5.32 Å². The molecule has 0 atom stereocenters. The molecule has 0 unspecified atom stereocenters. The van der Waals surface area contributed by atoms with Gasteiger partial charge in [0.05, 0.1) is 5.69 Å². The van der Waals surface area contributed by atoms with Crippen molar-refractivity contribution in [1.82, 2.24) is 5.32 Å². The second kappa shape index (κ2) is 5.48. The molecule has 2 N–H and O–H groups in total. The molecule has 1 aromatic rings. The highest BCUT2D eigenvalue weighted by atomic mass is 16.3. The van der Waals surface area contributed by atoms with Crippen LogP contribution in [-0.4, -0.2) is 23.7 Å². The number of imide groups is 1. The highest BCUT2D eigenvalue weighted by molar-refractivity contribution is 6.14. The average Bonchev–Trinajstić information content (AvgIpc) is 2.31. The summed E-state index contributed by atoms with van der Waals surface area (Å²) < 4.78 is 0. The molecular weight excluding hydrogens is 210 g/mol. The zero-order chi connectivity index (χ0) is 12.0. The molecule has 6 nitrogen and oxygen atoms in total. The zero-order valence-corrected chi connectivity index (χ0v) is 8.25. The molecule has 16 heavy (non-hydrogen) atoms. The summed E-state index contributed by atoms with van der Waals surface area (Å²) in [5.41, 5.74) is 0.286. The average molecular weight is 219 g/mol. The molecule has 0 aliphatic carbocycles. The standard InChI is InChI=1S/C10H9N3O3/c11-7-12-10(16)13(9(15)6-14)8-4-2-1-3-5-8/h1-5,14H,6H2,(H,12,16). The molecule has 0 radical (unpaired) electrons. The maximum absolute atomic E-state index is 11.4. The van der Waals surface area contributed by atoms with E-state index in [9.17, 15) is 9.59 Å². The number of hydrogen-bond acceptors (Lipinski definition) is 4. The molecule has 1 rings (SSSR count). The van der Waals surface area contributed by atoms with E-state index in [1.165, 1.54) is 18.3 Å². The van der Waals surface area contributed by atoms with E-state index >= 15 is 0 Å². The van der Waals surface area contributed by atoms with Crippen molar-refractivity contribution in [2.45, 2.75) is 0 Å². The van der Waals surface area contributed by atoms with Crippen molar-refractivity contribution in [2.24, 2.45) is 0 Å². The predicted molar refractivity (Wildman–Crippen MR) is 55.2 cm³/mol. The third kappa shape index (κ3) is 2.56. The van der Waals surface area contributed by atoms with E-state index in [4.69, 9.17) is 10.4 Å². The Bertz CT molecular complexity index is 425. The summed E-state index contributed by atoms with van der Waals surface area (Å²) in [7, 11) is 0. The van der Waals surface area contributed by atoms with Gasteiger partial charge in [-0.05, 0) is 12.1 Å². The smallest absolute Gasteiger partial charge is 0.341 e. The number of carbonyl (C=O) groups is 2. The Labute approximate surface area is 91.7 Å². The highest BCUT2D eigenvalue weighted by Gasteiger charge is 2.22. The Morgan fingerprint density at radius 2 is 2.00 bits per heavy atom. The van der Waals surface area contributed by atoms with Gasteiger partial charge in [0.2, 0.25) is 0 Å². The molecule has 0 saturated heterocycles. The van der Waals surface area contributed by atoms with Crippen molar-refractivity contribution in [2.75, 3.05) is 11.5 Å². The summed E-state index contributed by atoms with van der Waals surface area (Å²) >= 11 is 0. The van der Waals surface area contributed by atoms with Gasteiger partial charge in [-0.25, -0.2) is 15.0 Å². The van der Waals surface area contributed by atoms with Crippen LogP contribution in [0.3, 0.4) is 0 Å². The van der Waals surface area contributed by atoms with Crippen LogP contribution in [0.15, 0.2) is 30.3 Å². The van der Waals surface area contributed by atoms with Gasteiger partial charge in [0, 0.05) is 0 Å². The van der Waals surface area contributed by atoms with E-state index < -0.39 is 18.5 Å². The molecule has 3 amide bonds. The quantitative estimate of drug-likeness (QED) is 0.549. The number of hydrogen-bond donors (Lipinski definition) is 2. The van der Waals surface area contributed by atoms with Gasteiger partial charge in [-0.3, -0.25) is 4.79 Å². The molecule has 0 aliphatic rings. The fraction of sp³-hybridized carbons (Fsp3) is 0.100. The lowest BCUT2D eigenvalue weighted by atomic mass is 10.3. The Morgan fingerprint density at radius 3 is 2.50 bits per heavy atom. The number of nitrogens with one attached hydrogen (secondary N) is 1. The summed E-state index contributed by atoms with van der Waals surface area (Å²) in [6.07, 6.45) is 1.42. The number of nitriles is 1. The molecule has 0 aromatic heterocycles. The van der Waals surface area contributed by atoms with Crippen LogP contribution in [0, 0.1) is 11.5 Å². The lowest BCUT2D eigenvalue weighted by molar-refractivity contribution is -0.120. The second-order valence-corrected chi connectivity index (χ2v) is 2.76. The molecule has 0 fully saturated rings. The molecule has 0 aliphatic heterocycles. The van der Waals surface area contributed by atoms with Crippen LogP contribution in [0.4, 0.5) is 10.5 Å². The predicted octanol–water partition coefficient (Wildman–Crippen LogP) is 0.203. The molecule has 82 valence electrons. The Balaban J connectivity index is 3.02. The number of aliphatic hydroxyl groups is 1. The minimum absolute atomic E-state index is 0.286. The Kier molecular flexibility index (Phi) is 4.00. The lowest BCUT2D eigenvalue weighted by Gasteiger charge is -2.18. The van der Waals surface area contributed by atoms with E-state index in [0.29, 0.717) is 4.90 Å². The zero-order valence-electron chi connectivity index (χ0n) is 8.25. The van der Waals surface area contributed by atoms with Crippen LogP contribution in [0.25, 0.3) is 0 Å². The first-order valence-corrected chi connectivity index (χ1v) is 4.38. The molecule has 1 aromatic carbocycles. The van der Waals surface area contributed by atoms with Gasteiger partial charge in [0.1, 0.15) is 6.61 Å². The molecule has 0 saturated carbocycles. The topological polar surface area (TPSA) is 93.4 Å². The Hall–Kier alpha value is -2.39. The van der Waals surface area contributed by atoms with Gasteiger partial charge in [0.15, 0.2) is 6.19 Å². The van der Waals surface area contributed by atoms with Gasteiger partial charge in [-0.2, -0.15) is 5.26 Å². The number of rotatable bonds is 2. The maximum Gasteiger partial charge on any atom is 0.341 e. The van der Waals surface area contributed by atoms with Crippen molar-refractivity contribution < 1.29 is 14.7 Å². The summed E-state index contributed by atoms with van der Waals surface area (Å²) in [6, 6.07) is 7.12.